The Labute approximate surface area is 94.6 Å². The van der Waals surface area contributed by atoms with Crippen molar-refractivity contribution in [2.24, 2.45) is 4.99 Å². The number of hydrogen-bond donors (Lipinski definition) is 0. The van der Waals surface area contributed by atoms with E-state index < -0.39 is 0 Å². The molecule has 0 aliphatic carbocycles. The summed E-state index contributed by atoms with van der Waals surface area (Å²) in [5.41, 5.74) is 1.48. The van der Waals surface area contributed by atoms with Crippen molar-refractivity contribution < 1.29 is 9.59 Å². The highest BCUT2D eigenvalue weighted by Gasteiger charge is 2.06. The largest absolute Gasteiger partial charge is 0.349 e. The number of carbonyl (C=O) groups is 1. The third-order valence-corrected chi connectivity index (χ3v) is 2.26. The van der Waals surface area contributed by atoms with Crippen molar-refractivity contribution in [2.75, 3.05) is 14.1 Å². The maximum atomic E-state index is 11.4. The molecule has 16 heavy (non-hydrogen) atoms. The number of nitrogens with zero attached hydrogens (tertiary/aromatic N) is 2. The van der Waals surface area contributed by atoms with Crippen LogP contribution < -0.4 is 0 Å². The number of rotatable bonds is 4. The molecule has 0 saturated carbocycles. The zero-order chi connectivity index (χ0) is 12.0. The quantitative estimate of drug-likeness (QED) is 0.570. The van der Waals surface area contributed by atoms with E-state index in [1.807, 2.05) is 12.1 Å². The summed E-state index contributed by atoms with van der Waals surface area (Å²) in [6.07, 6.45) is 2.51. The molecule has 0 unspecified atom stereocenters. The molecule has 1 aromatic rings. The van der Waals surface area contributed by atoms with E-state index >= 15 is 0 Å². The highest BCUT2D eigenvalue weighted by Crippen LogP contribution is 2.19. The smallest absolute Gasteiger partial charge is 0.240 e. The maximum Gasteiger partial charge on any atom is 0.240 e. The lowest BCUT2D eigenvalue weighted by Gasteiger charge is -2.10. The first-order valence-electron chi connectivity index (χ1n) is 5.01. The lowest BCUT2D eigenvalue weighted by atomic mass is 10.1. The zero-order valence-corrected chi connectivity index (χ0v) is 9.43. The first kappa shape index (κ1) is 12.1. The number of para-hydroxylation sites is 1. The highest BCUT2D eigenvalue weighted by molar-refractivity contribution is 5.76. The molecule has 0 N–H and O–H groups in total. The van der Waals surface area contributed by atoms with Gasteiger partial charge in [0.15, 0.2) is 0 Å². The van der Waals surface area contributed by atoms with E-state index in [1.54, 1.807) is 31.1 Å². The van der Waals surface area contributed by atoms with Gasteiger partial charge in [-0.3, -0.25) is 4.79 Å². The molecule has 0 saturated heterocycles. The highest BCUT2D eigenvalue weighted by atomic mass is 16.2. The summed E-state index contributed by atoms with van der Waals surface area (Å²) in [4.78, 5) is 26.8. The van der Waals surface area contributed by atoms with Crippen LogP contribution >= 0.6 is 0 Å². The van der Waals surface area contributed by atoms with Crippen LogP contribution in [0.15, 0.2) is 29.3 Å². The molecule has 0 spiro atoms. The predicted octanol–water partition coefficient (Wildman–Crippen LogP) is 1.67. The van der Waals surface area contributed by atoms with E-state index in [0.29, 0.717) is 18.5 Å². The lowest BCUT2D eigenvalue weighted by Crippen LogP contribution is -2.21. The van der Waals surface area contributed by atoms with Crippen LogP contribution in [0, 0.1) is 0 Å². The third-order valence-electron chi connectivity index (χ3n) is 2.26. The van der Waals surface area contributed by atoms with Gasteiger partial charge < -0.3 is 4.90 Å². The van der Waals surface area contributed by atoms with Gasteiger partial charge in [0.1, 0.15) is 0 Å². The van der Waals surface area contributed by atoms with Gasteiger partial charge in [0.25, 0.3) is 0 Å². The van der Waals surface area contributed by atoms with Gasteiger partial charge >= 0.3 is 0 Å². The molecule has 4 nitrogen and oxygen atoms in total. The van der Waals surface area contributed by atoms with Crippen molar-refractivity contribution in [3.63, 3.8) is 0 Å². The van der Waals surface area contributed by atoms with Crippen LogP contribution in [-0.2, 0) is 16.0 Å². The molecule has 0 aromatic heterocycles. The summed E-state index contributed by atoms with van der Waals surface area (Å²) in [5.74, 6) is 0.0601. The Balaban J connectivity index is 2.73. The SMILES string of the molecule is CN(C)C(=O)CCc1ccccc1N=C=O. The minimum absolute atomic E-state index is 0.0601. The molecule has 0 fully saturated rings. The molecule has 4 heteroatoms. The molecule has 84 valence electrons. The van der Waals surface area contributed by atoms with Gasteiger partial charge in [-0.25, -0.2) is 4.79 Å². The van der Waals surface area contributed by atoms with Crippen molar-refractivity contribution in [2.45, 2.75) is 12.8 Å². The second-order valence-corrected chi connectivity index (χ2v) is 3.62. The first-order valence-corrected chi connectivity index (χ1v) is 5.01. The number of benzene rings is 1. The van der Waals surface area contributed by atoms with Gasteiger partial charge in [0.05, 0.1) is 5.69 Å². The average Bonchev–Trinajstić information content (AvgIpc) is 2.27. The summed E-state index contributed by atoms with van der Waals surface area (Å²) in [6, 6.07) is 7.26. The van der Waals surface area contributed by atoms with Crippen molar-refractivity contribution in [1.82, 2.24) is 4.90 Å². The van der Waals surface area contributed by atoms with Crippen molar-refractivity contribution in [3.8, 4) is 0 Å². The number of carbonyl (C=O) groups excluding carboxylic acids is 2. The van der Waals surface area contributed by atoms with Gasteiger partial charge in [-0.15, -0.1) is 0 Å². The summed E-state index contributed by atoms with van der Waals surface area (Å²) in [7, 11) is 3.44. The number of isocyanates is 1. The van der Waals surface area contributed by atoms with Gasteiger partial charge in [-0.1, -0.05) is 18.2 Å². The molecule has 0 aliphatic rings. The normalized spacial score (nSPS) is 9.38. The summed E-state index contributed by atoms with van der Waals surface area (Å²) in [6.45, 7) is 0. The minimum atomic E-state index is 0.0601. The standard InChI is InChI=1S/C12H14N2O2/c1-14(2)12(16)8-7-10-5-3-4-6-11(10)13-9-15/h3-6H,7-8H2,1-2H3. The van der Waals surface area contributed by atoms with Gasteiger partial charge in [0, 0.05) is 20.5 Å². The van der Waals surface area contributed by atoms with Crippen LogP contribution in [0.1, 0.15) is 12.0 Å². The minimum Gasteiger partial charge on any atom is -0.349 e. The van der Waals surface area contributed by atoms with E-state index in [4.69, 9.17) is 0 Å². The predicted molar refractivity (Wildman–Crippen MR) is 61.2 cm³/mol. The molecular formula is C12H14N2O2. The fraction of sp³-hybridized carbons (Fsp3) is 0.333. The monoisotopic (exact) mass is 218 g/mol. The second-order valence-electron chi connectivity index (χ2n) is 3.62. The van der Waals surface area contributed by atoms with Gasteiger partial charge in [-0.2, -0.15) is 4.99 Å². The molecule has 1 amide bonds. The van der Waals surface area contributed by atoms with Crippen molar-refractivity contribution >= 4 is 17.7 Å². The Morgan fingerprint density at radius 1 is 1.38 bits per heavy atom. The molecule has 0 bridgehead atoms. The number of hydrogen-bond acceptors (Lipinski definition) is 3. The summed E-state index contributed by atoms with van der Waals surface area (Å²) < 4.78 is 0. The molecule has 0 heterocycles. The fourth-order valence-corrected chi connectivity index (χ4v) is 1.35. The summed E-state index contributed by atoms with van der Waals surface area (Å²) in [5, 5.41) is 0. The Hall–Kier alpha value is -1.93. The number of aliphatic imine (C=N–C) groups is 1. The van der Waals surface area contributed by atoms with Crippen LogP contribution in [-0.4, -0.2) is 31.0 Å². The van der Waals surface area contributed by atoms with Crippen molar-refractivity contribution in [1.29, 1.82) is 0 Å². The Morgan fingerprint density at radius 2 is 2.06 bits per heavy atom. The van der Waals surface area contributed by atoms with Crippen LogP contribution in [0.25, 0.3) is 0 Å². The molecular weight excluding hydrogens is 204 g/mol. The van der Waals surface area contributed by atoms with E-state index in [9.17, 15) is 9.59 Å². The molecule has 1 aromatic carbocycles. The Morgan fingerprint density at radius 3 is 2.69 bits per heavy atom. The topological polar surface area (TPSA) is 49.7 Å². The van der Waals surface area contributed by atoms with Crippen LogP contribution in [0.5, 0.6) is 0 Å². The third kappa shape index (κ3) is 3.33. The van der Waals surface area contributed by atoms with Crippen LogP contribution in [0.3, 0.4) is 0 Å². The Kier molecular flexibility index (Phi) is 4.42. The van der Waals surface area contributed by atoms with Crippen LogP contribution in [0.2, 0.25) is 0 Å². The summed E-state index contributed by atoms with van der Waals surface area (Å²) >= 11 is 0. The van der Waals surface area contributed by atoms with E-state index in [0.717, 1.165) is 5.56 Å². The fourth-order valence-electron chi connectivity index (χ4n) is 1.35. The number of aryl methyl sites for hydroxylation is 1. The molecule has 0 radical (unpaired) electrons. The lowest BCUT2D eigenvalue weighted by molar-refractivity contribution is -0.128. The van der Waals surface area contributed by atoms with E-state index in [2.05, 4.69) is 4.99 Å². The average molecular weight is 218 g/mol. The first-order chi connectivity index (χ1) is 7.65. The van der Waals surface area contributed by atoms with E-state index in [-0.39, 0.29) is 5.91 Å². The zero-order valence-electron chi connectivity index (χ0n) is 9.43. The van der Waals surface area contributed by atoms with Gasteiger partial charge in [-0.05, 0) is 18.1 Å². The second kappa shape index (κ2) is 5.83. The van der Waals surface area contributed by atoms with Crippen molar-refractivity contribution in [3.05, 3.63) is 29.8 Å². The van der Waals surface area contributed by atoms with E-state index in [1.165, 1.54) is 6.08 Å². The molecule has 0 atom stereocenters. The van der Waals surface area contributed by atoms with Gasteiger partial charge in [0.2, 0.25) is 12.0 Å². The molecule has 1 rings (SSSR count). The van der Waals surface area contributed by atoms with Crippen LogP contribution in [0.4, 0.5) is 5.69 Å². The number of amides is 1. The maximum absolute atomic E-state index is 11.4. The molecule has 0 aliphatic heterocycles. The Bertz CT molecular complexity index is 421.